The number of rotatable bonds is 0. The van der Waals surface area contributed by atoms with E-state index in [1.165, 1.54) is 25.7 Å². The van der Waals surface area contributed by atoms with Gasteiger partial charge in [0.2, 0.25) is 5.91 Å². The molecule has 1 aliphatic heterocycles. The fraction of sp³-hybridized carbons (Fsp3) is 0.900. The van der Waals surface area contributed by atoms with Crippen LogP contribution in [-0.4, -0.2) is 12.5 Å². The maximum absolute atomic E-state index is 11.2. The lowest BCUT2D eigenvalue weighted by Gasteiger charge is -2.31. The molecule has 2 nitrogen and oxygen atoms in total. The van der Waals surface area contributed by atoms with Crippen LogP contribution < -0.4 is 5.32 Å². The van der Waals surface area contributed by atoms with Gasteiger partial charge in [-0.1, -0.05) is 12.8 Å². The van der Waals surface area contributed by atoms with Crippen molar-refractivity contribution < 1.29 is 4.79 Å². The second-order valence-corrected chi connectivity index (χ2v) is 4.81. The first-order valence-electron chi connectivity index (χ1n) is 5.07. The van der Waals surface area contributed by atoms with Gasteiger partial charge < -0.3 is 5.32 Å². The second-order valence-electron chi connectivity index (χ2n) is 4.81. The van der Waals surface area contributed by atoms with Gasteiger partial charge >= 0.3 is 0 Å². The van der Waals surface area contributed by atoms with Crippen LogP contribution in [0.2, 0.25) is 0 Å². The molecule has 0 aromatic heterocycles. The predicted molar refractivity (Wildman–Crippen MR) is 45.5 cm³/mol. The first-order valence-corrected chi connectivity index (χ1v) is 5.07. The van der Waals surface area contributed by atoms with Crippen LogP contribution in [0.5, 0.6) is 0 Å². The van der Waals surface area contributed by atoms with Crippen LogP contribution in [0.15, 0.2) is 0 Å². The molecule has 3 atom stereocenters. The largest absolute Gasteiger partial charge is 0.356 e. The van der Waals surface area contributed by atoms with Crippen LogP contribution in [0.1, 0.15) is 32.1 Å². The molecule has 1 saturated heterocycles. The Morgan fingerprint density at radius 1 is 1.50 bits per heavy atom. The highest BCUT2D eigenvalue weighted by Crippen LogP contribution is 2.61. The highest BCUT2D eigenvalue weighted by molar-refractivity contribution is 5.79. The predicted octanol–water partition coefficient (Wildman–Crippen LogP) is 1.31. The Labute approximate surface area is 72.7 Å². The van der Waals surface area contributed by atoms with Crippen molar-refractivity contribution in [1.29, 1.82) is 0 Å². The van der Waals surface area contributed by atoms with Crippen LogP contribution >= 0.6 is 0 Å². The SMILES string of the molecule is O=C1CC2(CCCC3CC32)CN1. The van der Waals surface area contributed by atoms with Crippen LogP contribution in [-0.2, 0) is 4.79 Å². The third-order valence-corrected chi connectivity index (χ3v) is 4.11. The van der Waals surface area contributed by atoms with Crippen molar-refractivity contribution in [3.8, 4) is 0 Å². The Balaban J connectivity index is 1.85. The quantitative estimate of drug-likeness (QED) is 0.576. The number of amides is 1. The normalized spacial score (nSPS) is 50.5. The lowest BCUT2D eigenvalue weighted by Crippen LogP contribution is -2.29. The van der Waals surface area contributed by atoms with Crippen molar-refractivity contribution in [3.05, 3.63) is 0 Å². The first-order chi connectivity index (χ1) is 5.80. The van der Waals surface area contributed by atoms with Crippen LogP contribution in [0.4, 0.5) is 0 Å². The molecular weight excluding hydrogens is 150 g/mol. The van der Waals surface area contributed by atoms with Gasteiger partial charge in [-0.25, -0.2) is 0 Å². The van der Waals surface area contributed by atoms with Crippen LogP contribution in [0.3, 0.4) is 0 Å². The minimum absolute atomic E-state index is 0.294. The number of nitrogens with one attached hydrogen (secondary N) is 1. The summed E-state index contributed by atoms with van der Waals surface area (Å²) in [7, 11) is 0. The molecule has 3 unspecified atom stereocenters. The topological polar surface area (TPSA) is 29.1 Å². The molecule has 66 valence electrons. The van der Waals surface area contributed by atoms with Gasteiger partial charge in [-0.05, 0) is 30.1 Å². The third-order valence-electron chi connectivity index (χ3n) is 4.11. The monoisotopic (exact) mass is 165 g/mol. The highest BCUT2D eigenvalue weighted by atomic mass is 16.1. The van der Waals surface area contributed by atoms with Crippen LogP contribution in [0, 0.1) is 17.3 Å². The Bertz CT molecular complexity index is 238. The smallest absolute Gasteiger partial charge is 0.220 e. The molecule has 2 saturated carbocycles. The fourth-order valence-electron chi connectivity index (χ4n) is 3.38. The molecule has 3 fully saturated rings. The number of hydrogen-bond donors (Lipinski definition) is 1. The molecule has 0 aromatic rings. The van der Waals surface area contributed by atoms with E-state index >= 15 is 0 Å². The first kappa shape index (κ1) is 6.93. The number of carbonyl (C=O) groups excluding carboxylic acids is 1. The molecule has 0 bridgehead atoms. The minimum atomic E-state index is 0.294. The zero-order chi connectivity index (χ0) is 8.18. The van der Waals surface area contributed by atoms with Crippen molar-refractivity contribution in [2.45, 2.75) is 32.1 Å². The van der Waals surface area contributed by atoms with E-state index in [1.54, 1.807) is 0 Å². The summed E-state index contributed by atoms with van der Waals surface area (Å²) in [6.07, 6.45) is 6.33. The second kappa shape index (κ2) is 2.04. The van der Waals surface area contributed by atoms with Gasteiger partial charge in [0.05, 0.1) is 0 Å². The third kappa shape index (κ3) is 0.782. The molecule has 1 spiro atoms. The summed E-state index contributed by atoms with van der Waals surface area (Å²) < 4.78 is 0. The fourth-order valence-corrected chi connectivity index (χ4v) is 3.38. The summed E-state index contributed by atoms with van der Waals surface area (Å²) in [4.78, 5) is 11.2. The van der Waals surface area contributed by atoms with E-state index in [1.807, 2.05) is 0 Å². The summed E-state index contributed by atoms with van der Waals surface area (Å²) in [6.45, 7) is 0.979. The Morgan fingerprint density at radius 2 is 2.42 bits per heavy atom. The Kier molecular flexibility index (Phi) is 1.18. The van der Waals surface area contributed by atoms with Crippen molar-refractivity contribution >= 4 is 5.91 Å². The average molecular weight is 165 g/mol. The average Bonchev–Trinajstić information content (AvgIpc) is 2.74. The molecule has 2 aliphatic carbocycles. The molecule has 2 heteroatoms. The molecule has 3 aliphatic rings. The molecule has 3 rings (SSSR count). The van der Waals surface area contributed by atoms with Gasteiger partial charge in [0.15, 0.2) is 0 Å². The van der Waals surface area contributed by atoms with E-state index in [4.69, 9.17) is 0 Å². The summed E-state index contributed by atoms with van der Waals surface area (Å²) in [5, 5.41) is 3.00. The van der Waals surface area contributed by atoms with Gasteiger partial charge in [-0.3, -0.25) is 4.79 Å². The van der Waals surface area contributed by atoms with E-state index in [2.05, 4.69) is 5.32 Å². The lowest BCUT2D eigenvalue weighted by molar-refractivity contribution is -0.119. The maximum atomic E-state index is 11.2. The molecular formula is C10H15NO. The number of fused-ring (bicyclic) bond motifs is 2. The summed E-state index contributed by atoms with van der Waals surface area (Å²) in [5.74, 6) is 2.19. The van der Waals surface area contributed by atoms with Crippen molar-refractivity contribution in [2.24, 2.45) is 17.3 Å². The van der Waals surface area contributed by atoms with Gasteiger partial charge in [-0.15, -0.1) is 0 Å². The summed E-state index contributed by atoms with van der Waals surface area (Å²) >= 11 is 0. The Morgan fingerprint density at radius 3 is 3.17 bits per heavy atom. The summed E-state index contributed by atoms with van der Waals surface area (Å²) in [5.41, 5.74) is 0.417. The standard InChI is InChI=1S/C10H15NO/c12-9-5-10(6-11-9)3-1-2-7-4-8(7)10/h7-8H,1-6H2,(H,11,12). The van der Waals surface area contributed by atoms with Crippen molar-refractivity contribution in [3.63, 3.8) is 0 Å². The van der Waals surface area contributed by atoms with Gasteiger partial charge in [-0.2, -0.15) is 0 Å². The van der Waals surface area contributed by atoms with Gasteiger partial charge in [0.25, 0.3) is 0 Å². The zero-order valence-corrected chi connectivity index (χ0v) is 7.31. The Hall–Kier alpha value is -0.530. The van der Waals surface area contributed by atoms with Gasteiger partial charge in [0.1, 0.15) is 0 Å². The number of carbonyl (C=O) groups is 1. The molecule has 0 radical (unpaired) electrons. The molecule has 1 heterocycles. The van der Waals surface area contributed by atoms with E-state index < -0.39 is 0 Å². The van der Waals surface area contributed by atoms with E-state index in [0.717, 1.165) is 24.8 Å². The summed E-state index contributed by atoms with van der Waals surface area (Å²) in [6, 6.07) is 0. The van der Waals surface area contributed by atoms with E-state index in [-0.39, 0.29) is 0 Å². The molecule has 12 heavy (non-hydrogen) atoms. The van der Waals surface area contributed by atoms with E-state index in [0.29, 0.717) is 11.3 Å². The molecule has 0 aromatic carbocycles. The van der Waals surface area contributed by atoms with Crippen molar-refractivity contribution in [2.75, 3.05) is 6.54 Å². The highest BCUT2D eigenvalue weighted by Gasteiger charge is 2.57. The maximum Gasteiger partial charge on any atom is 0.220 e. The number of hydrogen-bond acceptors (Lipinski definition) is 1. The minimum Gasteiger partial charge on any atom is -0.356 e. The van der Waals surface area contributed by atoms with Gasteiger partial charge in [0, 0.05) is 13.0 Å². The van der Waals surface area contributed by atoms with Crippen molar-refractivity contribution in [1.82, 2.24) is 5.32 Å². The van der Waals surface area contributed by atoms with E-state index in [9.17, 15) is 4.79 Å². The van der Waals surface area contributed by atoms with Crippen LogP contribution in [0.25, 0.3) is 0 Å². The molecule has 1 amide bonds. The lowest BCUT2D eigenvalue weighted by atomic mass is 9.73. The molecule has 1 N–H and O–H groups in total. The zero-order valence-electron chi connectivity index (χ0n) is 7.31.